The Morgan fingerprint density at radius 1 is 1.12 bits per heavy atom. The van der Waals surface area contributed by atoms with Crippen molar-refractivity contribution in [2.24, 2.45) is 5.10 Å². The zero-order chi connectivity index (χ0) is 18.9. The molecule has 26 heavy (non-hydrogen) atoms. The number of anilines is 1. The van der Waals surface area contributed by atoms with Crippen molar-refractivity contribution in [1.82, 2.24) is 5.43 Å². The van der Waals surface area contributed by atoms with E-state index in [1.807, 2.05) is 37.3 Å². The Morgan fingerprint density at radius 3 is 2.46 bits per heavy atom. The molecular weight excluding hydrogens is 445 g/mol. The maximum absolute atomic E-state index is 12.0. The predicted molar refractivity (Wildman–Crippen MR) is 110 cm³/mol. The van der Waals surface area contributed by atoms with Crippen LogP contribution in [0.5, 0.6) is 5.75 Å². The monoisotopic (exact) mass is 465 g/mol. The Morgan fingerprint density at radius 2 is 1.81 bits per heavy atom. The van der Waals surface area contributed by atoms with Gasteiger partial charge in [0.25, 0.3) is 0 Å². The van der Waals surface area contributed by atoms with E-state index in [1.165, 1.54) is 6.21 Å². The van der Waals surface area contributed by atoms with E-state index in [9.17, 15) is 9.59 Å². The molecule has 0 spiro atoms. The highest BCUT2D eigenvalue weighted by atomic mass is 127. The van der Waals surface area contributed by atoms with E-state index in [2.05, 4.69) is 38.4 Å². The summed E-state index contributed by atoms with van der Waals surface area (Å²) in [5.41, 5.74) is 4.99. The maximum atomic E-state index is 12.0. The van der Waals surface area contributed by atoms with Gasteiger partial charge in [-0.05, 0) is 83.1 Å². The van der Waals surface area contributed by atoms with E-state index < -0.39 is 0 Å². The molecule has 2 rings (SSSR count). The molecule has 0 atom stereocenters. The van der Waals surface area contributed by atoms with Crippen LogP contribution in [0.25, 0.3) is 0 Å². The van der Waals surface area contributed by atoms with Gasteiger partial charge in [-0.1, -0.05) is 0 Å². The Hall–Kier alpha value is -2.42. The Bertz CT molecular complexity index is 804. The van der Waals surface area contributed by atoms with Gasteiger partial charge in [0.05, 0.1) is 13.3 Å². The summed E-state index contributed by atoms with van der Waals surface area (Å²) >= 11 is 2.22. The first-order chi connectivity index (χ1) is 12.5. The van der Waals surface area contributed by atoms with Crippen LogP contribution >= 0.6 is 22.6 Å². The number of aryl methyl sites for hydroxylation is 1. The molecule has 2 aromatic carbocycles. The summed E-state index contributed by atoms with van der Waals surface area (Å²) in [5, 5.41) is 6.70. The summed E-state index contributed by atoms with van der Waals surface area (Å²) in [7, 11) is 1.60. The first kappa shape index (κ1) is 19.9. The van der Waals surface area contributed by atoms with Crippen molar-refractivity contribution in [1.29, 1.82) is 0 Å². The lowest BCUT2D eigenvalue weighted by atomic mass is 10.2. The molecule has 0 aliphatic carbocycles. The molecule has 136 valence electrons. The topological polar surface area (TPSA) is 79.8 Å². The molecular formula is C19H20IN3O3. The number of ether oxygens (including phenoxy) is 1. The molecule has 0 aliphatic rings. The number of hydrogen-bond acceptors (Lipinski definition) is 4. The molecule has 2 aromatic rings. The van der Waals surface area contributed by atoms with Crippen LogP contribution in [0.3, 0.4) is 0 Å². The number of methoxy groups -OCH3 is 1. The van der Waals surface area contributed by atoms with Crippen molar-refractivity contribution >= 4 is 46.3 Å². The standard InChI is InChI=1S/C19H20IN3O3/c1-13-11-15(20)5-8-17(13)22-18(24)9-10-19(25)23-21-12-14-3-6-16(26-2)7-4-14/h3-8,11-12H,9-10H2,1-2H3,(H,22,24)(H,23,25)/b21-12-. The quantitative estimate of drug-likeness (QED) is 0.374. The zero-order valence-electron chi connectivity index (χ0n) is 14.6. The number of hydrazone groups is 1. The van der Waals surface area contributed by atoms with Crippen LogP contribution < -0.4 is 15.5 Å². The molecule has 6 nitrogen and oxygen atoms in total. The van der Waals surface area contributed by atoms with Gasteiger partial charge >= 0.3 is 0 Å². The Labute approximate surface area is 166 Å². The first-order valence-electron chi connectivity index (χ1n) is 8.00. The fraction of sp³-hybridized carbons (Fsp3) is 0.211. The van der Waals surface area contributed by atoms with Crippen molar-refractivity contribution in [2.45, 2.75) is 19.8 Å². The number of benzene rings is 2. The van der Waals surface area contributed by atoms with Crippen molar-refractivity contribution in [2.75, 3.05) is 12.4 Å². The molecule has 0 unspecified atom stereocenters. The van der Waals surface area contributed by atoms with Crippen molar-refractivity contribution in [3.63, 3.8) is 0 Å². The molecule has 0 aromatic heterocycles. The van der Waals surface area contributed by atoms with Gasteiger partial charge in [0.2, 0.25) is 11.8 Å². The molecule has 0 fully saturated rings. The fourth-order valence-corrected chi connectivity index (χ4v) is 2.78. The highest BCUT2D eigenvalue weighted by molar-refractivity contribution is 14.1. The molecule has 0 radical (unpaired) electrons. The van der Waals surface area contributed by atoms with Gasteiger partial charge in [0.15, 0.2) is 0 Å². The predicted octanol–water partition coefficient (Wildman–Crippen LogP) is 3.48. The van der Waals surface area contributed by atoms with Crippen LogP contribution in [0.2, 0.25) is 0 Å². The summed E-state index contributed by atoms with van der Waals surface area (Å²) in [5.74, 6) is 0.230. The van der Waals surface area contributed by atoms with Gasteiger partial charge in [0, 0.05) is 22.1 Å². The minimum atomic E-state index is -0.316. The summed E-state index contributed by atoms with van der Waals surface area (Å²) < 4.78 is 6.17. The number of carbonyl (C=O) groups excluding carboxylic acids is 2. The third-order valence-corrected chi connectivity index (χ3v) is 4.23. The molecule has 0 saturated carbocycles. The van der Waals surface area contributed by atoms with E-state index >= 15 is 0 Å². The van der Waals surface area contributed by atoms with Crippen molar-refractivity contribution in [3.8, 4) is 5.75 Å². The van der Waals surface area contributed by atoms with Gasteiger partial charge in [-0.3, -0.25) is 9.59 Å². The van der Waals surface area contributed by atoms with Crippen LogP contribution in [0.1, 0.15) is 24.0 Å². The molecule has 0 heterocycles. The summed E-state index contributed by atoms with van der Waals surface area (Å²) in [4.78, 5) is 23.7. The fourth-order valence-electron chi connectivity index (χ4n) is 2.13. The number of halogens is 1. The molecule has 2 amide bonds. The highest BCUT2D eigenvalue weighted by Crippen LogP contribution is 2.18. The number of carbonyl (C=O) groups is 2. The minimum Gasteiger partial charge on any atom is -0.497 e. The second-order valence-electron chi connectivity index (χ2n) is 5.57. The second kappa shape index (κ2) is 9.91. The maximum Gasteiger partial charge on any atom is 0.240 e. The van der Waals surface area contributed by atoms with E-state index in [1.54, 1.807) is 19.2 Å². The van der Waals surface area contributed by atoms with E-state index in [0.29, 0.717) is 0 Å². The van der Waals surface area contributed by atoms with Crippen molar-refractivity contribution < 1.29 is 14.3 Å². The third-order valence-electron chi connectivity index (χ3n) is 3.56. The Balaban J connectivity index is 1.75. The summed E-state index contributed by atoms with van der Waals surface area (Å²) in [6, 6.07) is 13.0. The second-order valence-corrected chi connectivity index (χ2v) is 6.82. The minimum absolute atomic E-state index is 0.0647. The lowest BCUT2D eigenvalue weighted by Crippen LogP contribution is -2.20. The summed E-state index contributed by atoms with van der Waals surface area (Å²) in [6.07, 6.45) is 1.69. The van der Waals surface area contributed by atoms with Gasteiger partial charge in [-0.2, -0.15) is 5.10 Å². The van der Waals surface area contributed by atoms with Crippen LogP contribution in [-0.4, -0.2) is 25.1 Å². The zero-order valence-corrected chi connectivity index (χ0v) is 16.7. The van der Waals surface area contributed by atoms with Crippen LogP contribution in [-0.2, 0) is 9.59 Å². The number of nitrogens with zero attached hydrogens (tertiary/aromatic N) is 1. The lowest BCUT2D eigenvalue weighted by Gasteiger charge is -2.08. The summed E-state index contributed by atoms with van der Waals surface area (Å²) in [6.45, 7) is 1.93. The van der Waals surface area contributed by atoms with Crippen LogP contribution in [0.15, 0.2) is 47.6 Å². The van der Waals surface area contributed by atoms with Crippen LogP contribution in [0.4, 0.5) is 5.69 Å². The van der Waals surface area contributed by atoms with Gasteiger partial charge in [-0.15, -0.1) is 0 Å². The van der Waals surface area contributed by atoms with Crippen LogP contribution in [0, 0.1) is 10.5 Å². The first-order valence-corrected chi connectivity index (χ1v) is 9.08. The Kier molecular flexibility index (Phi) is 7.58. The largest absolute Gasteiger partial charge is 0.497 e. The normalized spacial score (nSPS) is 10.6. The number of nitrogens with one attached hydrogen (secondary N) is 2. The highest BCUT2D eigenvalue weighted by Gasteiger charge is 2.08. The number of hydrogen-bond donors (Lipinski definition) is 2. The molecule has 0 aliphatic heterocycles. The average Bonchev–Trinajstić information content (AvgIpc) is 2.63. The SMILES string of the molecule is COc1ccc(/C=N\NC(=O)CCC(=O)Nc2ccc(I)cc2C)cc1. The lowest BCUT2D eigenvalue weighted by molar-refractivity contribution is -0.124. The number of rotatable bonds is 7. The van der Waals surface area contributed by atoms with Crippen molar-refractivity contribution in [3.05, 3.63) is 57.2 Å². The average molecular weight is 465 g/mol. The van der Waals surface area contributed by atoms with Gasteiger partial charge in [0.1, 0.15) is 5.75 Å². The number of amides is 2. The van der Waals surface area contributed by atoms with E-state index in [0.717, 1.165) is 26.1 Å². The smallest absolute Gasteiger partial charge is 0.240 e. The van der Waals surface area contributed by atoms with E-state index in [-0.39, 0.29) is 24.7 Å². The van der Waals surface area contributed by atoms with Gasteiger partial charge in [-0.25, -0.2) is 5.43 Å². The molecule has 2 N–H and O–H groups in total. The molecule has 0 bridgehead atoms. The third kappa shape index (κ3) is 6.47. The molecule has 0 saturated heterocycles. The van der Waals surface area contributed by atoms with Gasteiger partial charge < -0.3 is 10.1 Å². The van der Waals surface area contributed by atoms with E-state index in [4.69, 9.17) is 4.74 Å². The molecule has 7 heteroatoms.